The Morgan fingerprint density at radius 2 is 2.00 bits per heavy atom. The van der Waals surface area contributed by atoms with Crippen molar-refractivity contribution in [2.75, 3.05) is 18.2 Å². The Kier molecular flexibility index (Phi) is 5.82. The number of aliphatic imine (C=N–C) groups is 2. The molecule has 0 bridgehead atoms. The number of nitrogens with one attached hydrogen (secondary N) is 1. The van der Waals surface area contributed by atoms with Gasteiger partial charge in [0.05, 0.1) is 24.3 Å². The van der Waals surface area contributed by atoms with E-state index in [0.29, 0.717) is 16.4 Å². The average molecular weight is 373 g/mol. The molecule has 1 atom stereocenters. The number of hydrogen-bond donors (Lipinski definition) is 1. The molecule has 2 amide bonds. The van der Waals surface area contributed by atoms with Crippen LogP contribution in [0.4, 0.5) is 5.69 Å². The lowest BCUT2D eigenvalue weighted by atomic mass is 9.86. The number of thioether (sulfide) groups is 1. The van der Waals surface area contributed by atoms with E-state index in [2.05, 4.69) is 20.0 Å². The summed E-state index contributed by atoms with van der Waals surface area (Å²) < 4.78 is 4.63. The summed E-state index contributed by atoms with van der Waals surface area (Å²) >= 11 is 1.15. The number of benzene rings is 1. The number of rotatable bonds is 4. The second-order valence-corrected chi connectivity index (χ2v) is 6.98. The number of nitrogens with zero attached hydrogens (tertiary/aromatic N) is 2. The zero-order valence-electron chi connectivity index (χ0n) is 14.4. The molecule has 3 rings (SSSR count). The molecule has 0 aromatic heterocycles. The Morgan fingerprint density at radius 3 is 2.73 bits per heavy atom. The first-order valence-electron chi connectivity index (χ1n) is 8.38. The standard InChI is InChI=1S/C18H19N3O4S/c1-25-17(24)11-6-8-12(9-7-11)19-15(22)10-26-18-20-14-5-3-2-4-13(14)16(23)21-18/h6-9,13H,2-5,10H2,1H3,(H,19,22). The van der Waals surface area contributed by atoms with Gasteiger partial charge >= 0.3 is 5.97 Å². The molecule has 7 nitrogen and oxygen atoms in total. The Morgan fingerprint density at radius 1 is 1.23 bits per heavy atom. The summed E-state index contributed by atoms with van der Waals surface area (Å²) in [6.07, 6.45) is 3.73. The third-order valence-corrected chi connectivity index (χ3v) is 5.09. The predicted molar refractivity (Wildman–Crippen MR) is 101 cm³/mol. The summed E-state index contributed by atoms with van der Waals surface area (Å²) in [5.74, 6) is -0.863. The number of carbonyl (C=O) groups excluding carboxylic acids is 3. The molecule has 1 aliphatic carbocycles. The Balaban J connectivity index is 1.53. The van der Waals surface area contributed by atoms with Crippen LogP contribution in [0.15, 0.2) is 34.3 Å². The fraction of sp³-hybridized carbons (Fsp3) is 0.389. The molecule has 136 valence electrons. The van der Waals surface area contributed by atoms with E-state index >= 15 is 0 Å². The van der Waals surface area contributed by atoms with E-state index in [1.165, 1.54) is 7.11 Å². The number of methoxy groups -OCH3 is 1. The van der Waals surface area contributed by atoms with E-state index in [0.717, 1.165) is 43.2 Å². The number of carbonyl (C=O) groups is 3. The van der Waals surface area contributed by atoms with E-state index in [9.17, 15) is 14.4 Å². The van der Waals surface area contributed by atoms with Crippen LogP contribution in [-0.4, -0.2) is 41.5 Å². The molecular formula is C18H19N3O4S. The lowest BCUT2D eigenvalue weighted by molar-refractivity contribution is -0.120. The first-order valence-corrected chi connectivity index (χ1v) is 9.36. The zero-order valence-corrected chi connectivity index (χ0v) is 15.2. The molecule has 1 unspecified atom stereocenters. The molecule has 1 heterocycles. The van der Waals surface area contributed by atoms with Gasteiger partial charge in [-0.15, -0.1) is 0 Å². The van der Waals surface area contributed by atoms with Gasteiger partial charge in [0.2, 0.25) is 5.91 Å². The molecule has 0 saturated heterocycles. The number of esters is 1. The summed E-state index contributed by atoms with van der Waals surface area (Å²) in [6.45, 7) is 0. The third kappa shape index (κ3) is 4.37. The molecule has 0 radical (unpaired) electrons. The largest absolute Gasteiger partial charge is 0.465 e. The number of fused-ring (bicyclic) bond motifs is 1. The minimum absolute atomic E-state index is 0.103. The molecule has 1 aliphatic heterocycles. The molecule has 1 aromatic carbocycles. The van der Waals surface area contributed by atoms with Crippen LogP contribution in [0.2, 0.25) is 0 Å². The van der Waals surface area contributed by atoms with Crippen LogP contribution in [0.3, 0.4) is 0 Å². The lowest BCUT2D eigenvalue weighted by Crippen LogP contribution is -2.30. The second kappa shape index (κ2) is 8.27. The normalized spacial score (nSPS) is 19.1. The minimum atomic E-state index is -0.432. The molecule has 8 heteroatoms. The smallest absolute Gasteiger partial charge is 0.337 e. The van der Waals surface area contributed by atoms with Gasteiger partial charge in [-0.25, -0.2) is 9.79 Å². The lowest BCUT2D eigenvalue weighted by Gasteiger charge is -2.24. The van der Waals surface area contributed by atoms with E-state index in [4.69, 9.17) is 0 Å². The summed E-state index contributed by atoms with van der Waals surface area (Å²) in [6, 6.07) is 6.41. The summed E-state index contributed by atoms with van der Waals surface area (Å²) in [5.41, 5.74) is 1.88. The summed E-state index contributed by atoms with van der Waals surface area (Å²) in [5, 5.41) is 3.09. The number of anilines is 1. The van der Waals surface area contributed by atoms with E-state index < -0.39 is 5.97 Å². The van der Waals surface area contributed by atoms with Gasteiger partial charge in [-0.2, -0.15) is 4.99 Å². The highest BCUT2D eigenvalue weighted by Crippen LogP contribution is 2.27. The van der Waals surface area contributed by atoms with E-state index in [1.54, 1.807) is 24.3 Å². The molecule has 1 saturated carbocycles. The van der Waals surface area contributed by atoms with E-state index in [1.807, 2.05) is 0 Å². The van der Waals surface area contributed by atoms with Crippen LogP contribution < -0.4 is 5.32 Å². The fourth-order valence-electron chi connectivity index (χ4n) is 2.91. The highest BCUT2D eigenvalue weighted by atomic mass is 32.2. The van der Waals surface area contributed by atoms with Crippen LogP contribution in [0, 0.1) is 5.92 Å². The van der Waals surface area contributed by atoms with Crippen molar-refractivity contribution in [3.05, 3.63) is 29.8 Å². The quantitative estimate of drug-likeness (QED) is 0.819. The zero-order chi connectivity index (χ0) is 18.5. The van der Waals surface area contributed by atoms with Gasteiger partial charge in [0.25, 0.3) is 5.91 Å². The maximum absolute atomic E-state index is 12.1. The third-order valence-electron chi connectivity index (χ3n) is 4.24. The monoisotopic (exact) mass is 373 g/mol. The fourth-order valence-corrected chi connectivity index (χ4v) is 3.58. The highest BCUT2D eigenvalue weighted by molar-refractivity contribution is 8.14. The van der Waals surface area contributed by atoms with Crippen LogP contribution in [-0.2, 0) is 14.3 Å². The molecular weight excluding hydrogens is 354 g/mol. The van der Waals surface area contributed by atoms with Crippen molar-refractivity contribution in [1.29, 1.82) is 0 Å². The van der Waals surface area contributed by atoms with Crippen molar-refractivity contribution in [3.63, 3.8) is 0 Å². The van der Waals surface area contributed by atoms with E-state index in [-0.39, 0.29) is 23.5 Å². The molecule has 26 heavy (non-hydrogen) atoms. The summed E-state index contributed by atoms with van der Waals surface area (Å²) in [4.78, 5) is 44.0. The van der Waals surface area contributed by atoms with Crippen molar-refractivity contribution in [2.45, 2.75) is 25.7 Å². The Bertz CT molecular complexity index is 786. The highest BCUT2D eigenvalue weighted by Gasteiger charge is 2.30. The topological polar surface area (TPSA) is 97.2 Å². The van der Waals surface area contributed by atoms with Crippen molar-refractivity contribution in [2.24, 2.45) is 15.9 Å². The SMILES string of the molecule is COC(=O)c1ccc(NC(=O)CSC2=NC(=O)C3CCCCC3=N2)cc1. The van der Waals surface area contributed by atoms with Crippen LogP contribution in [0.25, 0.3) is 0 Å². The molecule has 2 aliphatic rings. The maximum Gasteiger partial charge on any atom is 0.337 e. The average Bonchev–Trinajstić information content (AvgIpc) is 2.66. The van der Waals surface area contributed by atoms with Crippen LogP contribution >= 0.6 is 11.8 Å². The second-order valence-electron chi connectivity index (χ2n) is 6.04. The Labute approximate surface area is 155 Å². The molecule has 1 aromatic rings. The summed E-state index contributed by atoms with van der Waals surface area (Å²) in [7, 11) is 1.31. The number of amidine groups is 1. The van der Waals surface area contributed by atoms with Gasteiger partial charge in [-0.3, -0.25) is 9.59 Å². The predicted octanol–water partition coefficient (Wildman–Crippen LogP) is 2.67. The first-order chi connectivity index (χ1) is 12.6. The van der Waals surface area contributed by atoms with Gasteiger partial charge in [0.1, 0.15) is 0 Å². The molecule has 1 N–H and O–H groups in total. The van der Waals surface area contributed by atoms with Crippen molar-refractivity contribution in [3.8, 4) is 0 Å². The number of amides is 2. The van der Waals surface area contributed by atoms with Gasteiger partial charge < -0.3 is 10.1 Å². The van der Waals surface area contributed by atoms with Gasteiger partial charge in [-0.05, 0) is 43.5 Å². The van der Waals surface area contributed by atoms with Gasteiger partial charge in [-0.1, -0.05) is 18.2 Å². The van der Waals surface area contributed by atoms with Crippen molar-refractivity contribution in [1.82, 2.24) is 0 Å². The maximum atomic E-state index is 12.1. The number of ether oxygens (including phenoxy) is 1. The number of hydrogen-bond acceptors (Lipinski definition) is 6. The van der Waals surface area contributed by atoms with Crippen LogP contribution in [0.1, 0.15) is 36.0 Å². The minimum Gasteiger partial charge on any atom is -0.465 e. The van der Waals surface area contributed by atoms with Crippen molar-refractivity contribution >= 4 is 46.1 Å². The molecule has 0 spiro atoms. The first kappa shape index (κ1) is 18.3. The van der Waals surface area contributed by atoms with Crippen LogP contribution in [0.5, 0.6) is 0 Å². The van der Waals surface area contributed by atoms with Crippen molar-refractivity contribution < 1.29 is 19.1 Å². The van der Waals surface area contributed by atoms with Gasteiger partial charge in [0.15, 0.2) is 5.17 Å². The molecule has 1 fully saturated rings. The Hall–Kier alpha value is -2.48. The van der Waals surface area contributed by atoms with Gasteiger partial charge in [0, 0.05) is 11.4 Å².